The summed E-state index contributed by atoms with van der Waals surface area (Å²) in [7, 11) is 0. The molecule has 2 saturated heterocycles. The third-order valence-corrected chi connectivity index (χ3v) is 8.93. The first kappa shape index (κ1) is 22.3. The van der Waals surface area contributed by atoms with E-state index in [-0.39, 0.29) is 16.9 Å². The second-order valence-corrected chi connectivity index (χ2v) is 12.8. The molecule has 6 rings (SSSR count). The first-order chi connectivity index (χ1) is 15.5. The predicted octanol–water partition coefficient (Wildman–Crippen LogP) is 7.08. The van der Waals surface area contributed by atoms with E-state index in [9.17, 15) is 4.79 Å². The number of hydrogen-bond donors (Lipinski definition) is 2. The van der Waals surface area contributed by atoms with E-state index in [0.717, 1.165) is 5.75 Å². The fraction of sp³-hybridized carbons (Fsp3) is 0.414. The highest BCUT2D eigenvalue weighted by molar-refractivity contribution is 8.00. The topological polar surface area (TPSA) is 41.1 Å². The summed E-state index contributed by atoms with van der Waals surface area (Å²) >= 11 is 1.97. The van der Waals surface area contributed by atoms with Crippen LogP contribution in [0.4, 0.5) is 4.79 Å². The number of thioether (sulfide) groups is 1. The van der Waals surface area contributed by atoms with Crippen LogP contribution in [-0.4, -0.2) is 29.1 Å². The Balaban J connectivity index is 0.000000152. The van der Waals surface area contributed by atoms with Crippen LogP contribution in [-0.2, 0) is 5.41 Å². The minimum atomic E-state index is 0.00421. The lowest BCUT2D eigenvalue weighted by Crippen LogP contribution is -2.42. The van der Waals surface area contributed by atoms with Gasteiger partial charge in [0.15, 0.2) is 0 Å². The van der Waals surface area contributed by atoms with Crippen molar-refractivity contribution in [3.8, 4) is 0 Å². The van der Waals surface area contributed by atoms with E-state index >= 15 is 0 Å². The molecule has 2 aliphatic heterocycles. The molecule has 0 radical (unpaired) electrons. The largest absolute Gasteiger partial charge is 0.332 e. The summed E-state index contributed by atoms with van der Waals surface area (Å²) in [5, 5.41) is 14.7. The zero-order valence-electron chi connectivity index (χ0n) is 20.5. The normalized spacial score (nSPS) is 22.8. The highest BCUT2D eigenvalue weighted by atomic mass is 32.2. The van der Waals surface area contributed by atoms with E-state index < -0.39 is 0 Å². The van der Waals surface area contributed by atoms with Gasteiger partial charge in [0.1, 0.15) is 0 Å². The molecule has 3 nitrogen and oxygen atoms in total. The number of nitrogens with one attached hydrogen (secondary N) is 2. The Bertz CT molecular complexity index is 1320. The summed E-state index contributed by atoms with van der Waals surface area (Å²) in [5.41, 5.74) is 1.87. The zero-order valence-corrected chi connectivity index (χ0v) is 21.3. The molecule has 2 fully saturated rings. The van der Waals surface area contributed by atoms with Gasteiger partial charge in [0.05, 0.1) is 12.1 Å². The Hall–Kier alpha value is -2.46. The van der Waals surface area contributed by atoms with Crippen LogP contribution >= 0.6 is 11.8 Å². The van der Waals surface area contributed by atoms with Gasteiger partial charge in [-0.2, -0.15) is 11.8 Å². The maximum absolute atomic E-state index is 11.1. The number of hydrogen-bond acceptors (Lipinski definition) is 2. The van der Waals surface area contributed by atoms with Gasteiger partial charge >= 0.3 is 6.03 Å². The van der Waals surface area contributed by atoms with Crippen molar-refractivity contribution in [2.45, 2.75) is 64.3 Å². The number of carbonyl (C=O) groups excluding carboxylic acids is 1. The molecule has 2 heterocycles. The van der Waals surface area contributed by atoms with Crippen LogP contribution < -0.4 is 10.6 Å². The van der Waals surface area contributed by atoms with Crippen LogP contribution in [0.5, 0.6) is 0 Å². The maximum Gasteiger partial charge on any atom is 0.315 e. The first-order valence-corrected chi connectivity index (χ1v) is 12.9. The Morgan fingerprint density at radius 1 is 0.788 bits per heavy atom. The van der Waals surface area contributed by atoms with Gasteiger partial charge in [0.25, 0.3) is 0 Å². The number of urea groups is 1. The van der Waals surface area contributed by atoms with Crippen LogP contribution in [0.25, 0.3) is 32.3 Å². The van der Waals surface area contributed by atoms with E-state index in [4.69, 9.17) is 0 Å². The van der Waals surface area contributed by atoms with E-state index in [0.29, 0.717) is 17.3 Å². The summed E-state index contributed by atoms with van der Waals surface area (Å²) in [5.74, 6) is 1.05. The summed E-state index contributed by atoms with van der Waals surface area (Å²) in [4.78, 5) is 11.1. The highest BCUT2D eigenvalue weighted by Crippen LogP contribution is 2.41. The summed E-state index contributed by atoms with van der Waals surface area (Å²) in [6, 6.07) is 20.9. The van der Waals surface area contributed by atoms with Gasteiger partial charge in [-0.05, 0) is 48.7 Å². The molecule has 2 N–H and O–H groups in total. The molecule has 0 aliphatic carbocycles. The van der Waals surface area contributed by atoms with Crippen LogP contribution in [0.1, 0.15) is 47.1 Å². The van der Waals surface area contributed by atoms with Crippen LogP contribution in [0.3, 0.4) is 0 Å². The maximum atomic E-state index is 11.1. The standard InChI is InChI=1S/C20H18.C9H16N2OS/c1-20(2,3)17-12-10-15-8-7-13-5-4-6-14-9-11-16(17)19(15)18(13)14;1-9(2,3)7-6-5(4-13-7)10-8(12)11-6/h4-12H,1-3H3;5-7H,4H2,1-3H3,(H2,10,11,12). The number of rotatable bonds is 0. The fourth-order valence-corrected chi connectivity index (χ4v) is 7.14. The Morgan fingerprint density at radius 3 is 2.03 bits per heavy atom. The monoisotopic (exact) mass is 458 g/mol. The lowest BCUT2D eigenvalue weighted by atomic mass is 9.81. The molecule has 0 saturated carbocycles. The van der Waals surface area contributed by atoms with Gasteiger partial charge < -0.3 is 10.6 Å². The smallest absolute Gasteiger partial charge is 0.315 e. The molecule has 2 aliphatic rings. The predicted molar refractivity (Wildman–Crippen MR) is 144 cm³/mol. The van der Waals surface area contributed by atoms with Crippen molar-refractivity contribution >= 4 is 50.1 Å². The fourth-order valence-electron chi connectivity index (χ4n) is 5.47. The molecule has 4 aromatic carbocycles. The van der Waals surface area contributed by atoms with Crippen LogP contribution in [0.2, 0.25) is 0 Å². The van der Waals surface area contributed by atoms with E-state index in [2.05, 4.69) is 107 Å². The van der Waals surface area contributed by atoms with E-state index in [1.165, 1.54) is 37.9 Å². The van der Waals surface area contributed by atoms with Crippen molar-refractivity contribution in [1.82, 2.24) is 10.6 Å². The first-order valence-electron chi connectivity index (χ1n) is 11.9. The van der Waals surface area contributed by atoms with Gasteiger partial charge in [-0.1, -0.05) is 96.1 Å². The van der Waals surface area contributed by atoms with Gasteiger partial charge in [0.2, 0.25) is 0 Å². The SMILES string of the molecule is CC(C)(C)C1SCC2NC(=O)NC21.CC(C)(C)c1ccc2ccc3cccc4ccc1c2c34. The lowest BCUT2D eigenvalue weighted by molar-refractivity contribution is 0.246. The molecule has 0 aromatic heterocycles. The average molecular weight is 459 g/mol. The van der Waals surface area contributed by atoms with Crippen molar-refractivity contribution in [3.05, 3.63) is 60.2 Å². The Kier molecular flexibility index (Phi) is 5.28. The second kappa shape index (κ2) is 7.80. The minimum Gasteiger partial charge on any atom is -0.332 e. The average Bonchev–Trinajstić information content (AvgIpc) is 3.30. The second-order valence-electron chi connectivity index (χ2n) is 11.6. The molecular formula is C29H34N2OS. The Morgan fingerprint density at radius 2 is 1.39 bits per heavy atom. The lowest BCUT2D eigenvalue weighted by Gasteiger charge is -2.30. The summed E-state index contributed by atoms with van der Waals surface area (Å²) in [6.45, 7) is 13.6. The molecule has 172 valence electrons. The van der Waals surface area contributed by atoms with Gasteiger partial charge in [0, 0.05) is 11.0 Å². The summed E-state index contributed by atoms with van der Waals surface area (Å²) in [6.07, 6.45) is 0. The minimum absolute atomic E-state index is 0.00421. The molecular weight excluding hydrogens is 424 g/mol. The number of amides is 2. The third kappa shape index (κ3) is 3.93. The van der Waals surface area contributed by atoms with Crippen molar-refractivity contribution in [2.24, 2.45) is 5.41 Å². The van der Waals surface area contributed by atoms with E-state index in [1.54, 1.807) is 0 Å². The van der Waals surface area contributed by atoms with Gasteiger partial charge in [-0.15, -0.1) is 0 Å². The van der Waals surface area contributed by atoms with E-state index in [1.807, 2.05) is 11.8 Å². The quantitative estimate of drug-likeness (QED) is 0.218. The van der Waals surface area contributed by atoms with Crippen LogP contribution in [0.15, 0.2) is 54.6 Å². The molecule has 33 heavy (non-hydrogen) atoms. The molecule has 3 unspecified atom stereocenters. The number of carbonyl (C=O) groups is 1. The third-order valence-electron chi connectivity index (χ3n) is 7.02. The van der Waals surface area contributed by atoms with Gasteiger partial charge in [-0.3, -0.25) is 0 Å². The van der Waals surface area contributed by atoms with Crippen molar-refractivity contribution in [1.29, 1.82) is 0 Å². The molecule has 2 amide bonds. The van der Waals surface area contributed by atoms with Crippen molar-refractivity contribution in [3.63, 3.8) is 0 Å². The highest BCUT2D eigenvalue weighted by Gasteiger charge is 2.47. The molecule has 0 spiro atoms. The number of benzene rings is 4. The molecule has 4 aromatic rings. The number of fused-ring (bicyclic) bond motifs is 1. The van der Waals surface area contributed by atoms with Crippen molar-refractivity contribution in [2.75, 3.05) is 5.75 Å². The molecule has 3 atom stereocenters. The van der Waals surface area contributed by atoms with Crippen LogP contribution in [0, 0.1) is 5.41 Å². The molecule has 4 heteroatoms. The molecule has 0 bridgehead atoms. The van der Waals surface area contributed by atoms with Gasteiger partial charge in [-0.25, -0.2) is 4.79 Å². The van der Waals surface area contributed by atoms with Crippen molar-refractivity contribution < 1.29 is 4.79 Å². The zero-order chi connectivity index (χ0) is 23.5. The summed E-state index contributed by atoms with van der Waals surface area (Å²) < 4.78 is 0. The Labute approximate surface area is 201 Å².